The monoisotopic (exact) mass is 430 g/mol. The number of fused-ring (bicyclic) bond motifs is 2. The molecule has 0 amide bonds. The van der Waals surface area contributed by atoms with E-state index in [9.17, 15) is 9.90 Å². The Bertz CT molecular complexity index is 1120. The van der Waals surface area contributed by atoms with E-state index in [0.29, 0.717) is 17.2 Å². The average Bonchev–Trinajstić information content (AvgIpc) is 2.83. The number of benzene rings is 3. The third-order valence-electron chi connectivity index (χ3n) is 6.29. The Hall–Kier alpha value is -3.51. The van der Waals surface area contributed by atoms with Crippen LogP contribution in [0.25, 0.3) is 0 Å². The second kappa shape index (κ2) is 8.55. The molecular weight excluding hydrogens is 404 g/mol. The first-order chi connectivity index (χ1) is 15.6. The lowest BCUT2D eigenvalue weighted by Crippen LogP contribution is -2.43. The number of carboxylic acid groups (broad SMARTS) is 1. The lowest BCUT2D eigenvalue weighted by Gasteiger charge is -2.42. The van der Waals surface area contributed by atoms with E-state index in [4.69, 9.17) is 9.47 Å². The minimum atomic E-state index is -0.969. The number of hydrogen-bond donors (Lipinski definition) is 1. The molecule has 3 aromatic rings. The van der Waals surface area contributed by atoms with E-state index >= 15 is 0 Å². The molecular formula is C26H26N2O4. The highest BCUT2D eigenvalue weighted by molar-refractivity contribution is 5.91. The lowest BCUT2D eigenvalue weighted by atomic mass is 9.98. The van der Waals surface area contributed by atoms with Gasteiger partial charge in [-0.05, 0) is 48.7 Å². The zero-order valence-corrected chi connectivity index (χ0v) is 18.0. The molecule has 0 aliphatic carbocycles. The van der Waals surface area contributed by atoms with Crippen molar-refractivity contribution >= 4 is 17.3 Å². The van der Waals surface area contributed by atoms with E-state index in [1.165, 1.54) is 5.56 Å². The second-order valence-corrected chi connectivity index (χ2v) is 8.26. The summed E-state index contributed by atoms with van der Waals surface area (Å²) in [6.45, 7) is 2.96. The average molecular weight is 431 g/mol. The Kier molecular flexibility index (Phi) is 5.45. The molecule has 6 heteroatoms. The highest BCUT2D eigenvalue weighted by atomic mass is 16.5. The fraction of sp³-hybridized carbons (Fsp3) is 0.269. The Morgan fingerprint density at radius 3 is 2.53 bits per heavy atom. The van der Waals surface area contributed by atoms with Gasteiger partial charge in [-0.25, -0.2) is 4.79 Å². The van der Waals surface area contributed by atoms with Gasteiger partial charge in [0.15, 0.2) is 17.2 Å². The van der Waals surface area contributed by atoms with Crippen LogP contribution >= 0.6 is 0 Å². The maximum atomic E-state index is 11.5. The van der Waals surface area contributed by atoms with Crippen LogP contribution in [0, 0.1) is 0 Å². The van der Waals surface area contributed by atoms with Crippen molar-refractivity contribution < 1.29 is 19.4 Å². The number of para-hydroxylation sites is 1. The van der Waals surface area contributed by atoms with Crippen LogP contribution in [0.15, 0.2) is 66.7 Å². The van der Waals surface area contributed by atoms with Crippen molar-refractivity contribution in [2.24, 2.45) is 0 Å². The molecule has 0 saturated carbocycles. The first kappa shape index (κ1) is 20.4. The maximum Gasteiger partial charge on any atom is 0.335 e. The van der Waals surface area contributed by atoms with Gasteiger partial charge in [-0.2, -0.15) is 0 Å². The van der Waals surface area contributed by atoms with Gasteiger partial charge in [-0.15, -0.1) is 0 Å². The van der Waals surface area contributed by atoms with E-state index in [1.54, 1.807) is 19.2 Å². The molecule has 1 N–H and O–H groups in total. The van der Waals surface area contributed by atoms with Crippen LogP contribution in [0.3, 0.4) is 0 Å². The number of carbonyl (C=O) groups is 1. The molecule has 2 aliphatic rings. The quantitative estimate of drug-likeness (QED) is 0.593. The largest absolute Gasteiger partial charge is 0.493 e. The Balaban J connectivity index is 1.44. The minimum Gasteiger partial charge on any atom is -0.493 e. The van der Waals surface area contributed by atoms with Gasteiger partial charge in [0.05, 0.1) is 24.0 Å². The van der Waals surface area contributed by atoms with Crippen LogP contribution in [0.2, 0.25) is 0 Å². The summed E-state index contributed by atoms with van der Waals surface area (Å²) < 4.78 is 11.7. The normalized spacial score (nSPS) is 16.1. The molecule has 6 nitrogen and oxygen atoms in total. The van der Waals surface area contributed by atoms with Crippen molar-refractivity contribution in [1.29, 1.82) is 0 Å². The van der Waals surface area contributed by atoms with Crippen molar-refractivity contribution in [1.82, 2.24) is 4.90 Å². The zero-order chi connectivity index (χ0) is 22.1. The van der Waals surface area contributed by atoms with E-state index < -0.39 is 5.97 Å². The first-order valence-electron chi connectivity index (χ1n) is 10.9. The molecule has 1 fully saturated rings. The summed E-state index contributed by atoms with van der Waals surface area (Å²) in [5.41, 5.74) is 3.40. The van der Waals surface area contributed by atoms with Gasteiger partial charge in [-0.1, -0.05) is 36.4 Å². The summed E-state index contributed by atoms with van der Waals surface area (Å²) >= 11 is 0. The first-order valence-corrected chi connectivity index (χ1v) is 10.9. The van der Waals surface area contributed by atoms with Crippen molar-refractivity contribution in [2.45, 2.75) is 25.4 Å². The SMILES string of the molecule is COc1cccc2c1Oc1cc(C(=O)O)ccc1N2C1CCN(Cc2ccccc2)CC1. The number of rotatable bonds is 5. The molecule has 0 unspecified atom stereocenters. The summed E-state index contributed by atoms with van der Waals surface area (Å²) in [4.78, 5) is 16.3. The second-order valence-electron chi connectivity index (χ2n) is 8.26. The van der Waals surface area contributed by atoms with Gasteiger partial charge in [0.2, 0.25) is 0 Å². The molecule has 0 radical (unpaired) electrons. The number of methoxy groups -OCH3 is 1. The number of piperidine rings is 1. The molecule has 164 valence electrons. The fourth-order valence-corrected chi connectivity index (χ4v) is 4.70. The lowest BCUT2D eigenvalue weighted by molar-refractivity contribution is 0.0696. The van der Waals surface area contributed by atoms with E-state index in [0.717, 1.165) is 43.9 Å². The fourth-order valence-electron chi connectivity index (χ4n) is 4.70. The van der Waals surface area contributed by atoms with Crippen LogP contribution in [-0.2, 0) is 6.54 Å². The molecule has 2 aliphatic heterocycles. The van der Waals surface area contributed by atoms with Crippen LogP contribution in [-0.4, -0.2) is 42.2 Å². The van der Waals surface area contributed by atoms with Crippen LogP contribution < -0.4 is 14.4 Å². The predicted octanol–water partition coefficient (Wildman–Crippen LogP) is 5.30. The van der Waals surface area contributed by atoms with Gasteiger partial charge in [0, 0.05) is 25.7 Å². The van der Waals surface area contributed by atoms with Gasteiger partial charge in [-0.3, -0.25) is 4.90 Å². The molecule has 0 spiro atoms. The van der Waals surface area contributed by atoms with Crippen molar-refractivity contribution in [2.75, 3.05) is 25.1 Å². The molecule has 0 atom stereocenters. The van der Waals surface area contributed by atoms with Gasteiger partial charge in [0.25, 0.3) is 0 Å². The highest BCUT2D eigenvalue weighted by Gasteiger charge is 2.34. The van der Waals surface area contributed by atoms with E-state index in [1.807, 2.05) is 30.3 Å². The Labute approximate surface area is 187 Å². The van der Waals surface area contributed by atoms with Crippen LogP contribution in [0.4, 0.5) is 11.4 Å². The van der Waals surface area contributed by atoms with Crippen molar-refractivity contribution in [3.8, 4) is 17.2 Å². The van der Waals surface area contributed by atoms with Gasteiger partial charge >= 0.3 is 5.97 Å². The molecule has 0 bridgehead atoms. The van der Waals surface area contributed by atoms with Crippen LogP contribution in [0.5, 0.6) is 17.2 Å². The predicted molar refractivity (Wildman–Crippen MR) is 123 cm³/mol. The molecule has 32 heavy (non-hydrogen) atoms. The number of nitrogens with zero attached hydrogens (tertiary/aromatic N) is 2. The van der Waals surface area contributed by atoms with E-state index in [-0.39, 0.29) is 11.6 Å². The molecule has 2 heterocycles. The standard InChI is InChI=1S/C26H26N2O4/c1-31-23-9-5-8-22-25(23)32-24-16-19(26(29)30)10-11-21(24)28(22)20-12-14-27(15-13-20)17-18-6-3-2-4-7-18/h2-11,16,20H,12-15,17H2,1H3,(H,29,30). The van der Waals surface area contributed by atoms with Crippen molar-refractivity contribution in [3.05, 3.63) is 77.9 Å². The number of anilines is 2. The zero-order valence-electron chi connectivity index (χ0n) is 18.0. The smallest absolute Gasteiger partial charge is 0.335 e. The molecule has 0 aromatic heterocycles. The van der Waals surface area contributed by atoms with Gasteiger partial charge < -0.3 is 19.5 Å². The minimum absolute atomic E-state index is 0.208. The number of ether oxygens (including phenoxy) is 2. The third kappa shape index (κ3) is 3.78. The number of hydrogen-bond acceptors (Lipinski definition) is 5. The number of carboxylic acids is 1. The summed E-state index contributed by atoms with van der Waals surface area (Å²) in [7, 11) is 1.62. The summed E-state index contributed by atoms with van der Waals surface area (Å²) in [6, 6.07) is 21.8. The summed E-state index contributed by atoms with van der Waals surface area (Å²) in [5, 5.41) is 9.45. The maximum absolute atomic E-state index is 11.5. The number of likely N-dealkylation sites (tertiary alicyclic amines) is 1. The van der Waals surface area contributed by atoms with E-state index in [2.05, 4.69) is 34.1 Å². The van der Waals surface area contributed by atoms with Gasteiger partial charge in [0.1, 0.15) is 0 Å². The molecule has 3 aromatic carbocycles. The summed E-state index contributed by atoms with van der Waals surface area (Å²) in [5.74, 6) is 0.855. The highest BCUT2D eigenvalue weighted by Crippen LogP contribution is 2.52. The third-order valence-corrected chi connectivity index (χ3v) is 6.29. The molecule has 5 rings (SSSR count). The topological polar surface area (TPSA) is 62.2 Å². The Morgan fingerprint density at radius 2 is 1.81 bits per heavy atom. The van der Waals surface area contributed by atoms with Crippen LogP contribution in [0.1, 0.15) is 28.8 Å². The van der Waals surface area contributed by atoms with Crippen molar-refractivity contribution in [3.63, 3.8) is 0 Å². The summed E-state index contributed by atoms with van der Waals surface area (Å²) in [6.07, 6.45) is 2.01. The Morgan fingerprint density at radius 1 is 1.03 bits per heavy atom. The molecule has 1 saturated heterocycles. The number of aromatic carboxylic acids is 1.